The van der Waals surface area contributed by atoms with E-state index in [0.29, 0.717) is 0 Å². The largest absolute Gasteiger partial charge is 0.370 e. The number of aryl methyl sites for hydroxylation is 2. The molecule has 0 saturated heterocycles. The highest BCUT2D eigenvalue weighted by Crippen LogP contribution is 2.17. The van der Waals surface area contributed by atoms with E-state index in [1.165, 1.54) is 18.4 Å². The van der Waals surface area contributed by atoms with Crippen molar-refractivity contribution in [3.05, 3.63) is 17.6 Å². The number of nitrogens with one attached hydrogen (secondary N) is 1. The summed E-state index contributed by atoms with van der Waals surface area (Å²) < 4.78 is 0. The minimum atomic E-state index is 0.850. The van der Waals surface area contributed by atoms with Crippen molar-refractivity contribution < 1.29 is 0 Å². The normalized spacial score (nSPS) is 16.1. The van der Waals surface area contributed by atoms with Gasteiger partial charge in [-0.05, 0) is 26.2 Å². The molecule has 0 unspecified atom stereocenters. The monoisotopic (exact) mass is 163 g/mol. The Hall–Kier alpha value is -1.12. The summed E-state index contributed by atoms with van der Waals surface area (Å²) in [5.41, 5.74) is 1.26. The minimum absolute atomic E-state index is 0.850. The quantitative estimate of drug-likeness (QED) is 0.630. The molecule has 0 radical (unpaired) electrons. The Morgan fingerprint density at radius 3 is 3.25 bits per heavy atom. The minimum Gasteiger partial charge on any atom is -0.370 e. The van der Waals surface area contributed by atoms with E-state index in [9.17, 15) is 0 Å². The van der Waals surface area contributed by atoms with Crippen molar-refractivity contribution in [2.24, 2.45) is 0 Å². The van der Waals surface area contributed by atoms with Crippen LogP contribution in [0, 0.1) is 6.92 Å². The van der Waals surface area contributed by atoms with E-state index < -0.39 is 0 Å². The zero-order valence-corrected chi connectivity index (χ0v) is 7.30. The molecule has 64 valence electrons. The summed E-state index contributed by atoms with van der Waals surface area (Å²) in [5, 5.41) is 3.31. The van der Waals surface area contributed by atoms with Gasteiger partial charge in [0.05, 0.1) is 0 Å². The molecule has 1 aromatic rings. The Morgan fingerprint density at radius 1 is 1.42 bits per heavy atom. The van der Waals surface area contributed by atoms with E-state index >= 15 is 0 Å². The second-order valence-electron chi connectivity index (χ2n) is 3.17. The third kappa shape index (κ3) is 1.40. The van der Waals surface area contributed by atoms with Crippen LogP contribution in [-0.4, -0.2) is 16.5 Å². The molecular formula is C9H13N3. The summed E-state index contributed by atoms with van der Waals surface area (Å²) in [7, 11) is 0. The third-order valence-corrected chi connectivity index (χ3v) is 2.15. The number of aromatic nitrogens is 2. The summed E-state index contributed by atoms with van der Waals surface area (Å²) in [6.07, 6.45) is 5.53. The first-order valence-corrected chi connectivity index (χ1v) is 4.42. The predicted molar refractivity (Wildman–Crippen MR) is 48.2 cm³/mol. The van der Waals surface area contributed by atoms with Gasteiger partial charge in [0.25, 0.3) is 0 Å². The van der Waals surface area contributed by atoms with Crippen LogP contribution in [-0.2, 0) is 6.42 Å². The number of anilines is 1. The van der Waals surface area contributed by atoms with Gasteiger partial charge in [0, 0.05) is 18.3 Å². The SMILES string of the molecule is Cc1ncc2c(n1)NCCCC2. The van der Waals surface area contributed by atoms with Crippen molar-refractivity contribution in [1.29, 1.82) is 0 Å². The van der Waals surface area contributed by atoms with Crippen LogP contribution >= 0.6 is 0 Å². The molecule has 2 rings (SSSR count). The van der Waals surface area contributed by atoms with Gasteiger partial charge in [-0.3, -0.25) is 0 Å². The lowest BCUT2D eigenvalue weighted by Crippen LogP contribution is -2.03. The Balaban J connectivity index is 2.36. The molecule has 1 N–H and O–H groups in total. The molecule has 0 bridgehead atoms. The average Bonchev–Trinajstić information content (AvgIpc) is 2.28. The molecule has 0 atom stereocenters. The smallest absolute Gasteiger partial charge is 0.132 e. The van der Waals surface area contributed by atoms with Crippen LogP contribution in [0.15, 0.2) is 6.20 Å². The first-order valence-electron chi connectivity index (χ1n) is 4.42. The lowest BCUT2D eigenvalue weighted by Gasteiger charge is -2.05. The van der Waals surface area contributed by atoms with Crippen LogP contribution in [0.25, 0.3) is 0 Å². The van der Waals surface area contributed by atoms with E-state index in [4.69, 9.17) is 0 Å². The number of fused-ring (bicyclic) bond motifs is 1. The molecule has 0 fully saturated rings. The molecule has 0 amide bonds. The maximum absolute atomic E-state index is 4.35. The highest BCUT2D eigenvalue weighted by molar-refractivity contribution is 5.43. The summed E-state index contributed by atoms with van der Waals surface area (Å²) in [6, 6.07) is 0. The molecule has 0 spiro atoms. The third-order valence-electron chi connectivity index (χ3n) is 2.15. The molecule has 1 aromatic heterocycles. The highest BCUT2D eigenvalue weighted by Gasteiger charge is 2.08. The summed E-state index contributed by atoms with van der Waals surface area (Å²) in [6.45, 7) is 2.97. The van der Waals surface area contributed by atoms with Gasteiger partial charge in [-0.1, -0.05) is 0 Å². The van der Waals surface area contributed by atoms with Crippen molar-refractivity contribution >= 4 is 5.82 Å². The van der Waals surface area contributed by atoms with Gasteiger partial charge < -0.3 is 5.32 Å². The van der Waals surface area contributed by atoms with Crippen LogP contribution in [0.4, 0.5) is 5.82 Å². The van der Waals surface area contributed by atoms with E-state index in [-0.39, 0.29) is 0 Å². The molecule has 3 nitrogen and oxygen atoms in total. The van der Waals surface area contributed by atoms with E-state index in [1.54, 1.807) is 0 Å². The van der Waals surface area contributed by atoms with Crippen LogP contribution in [0.5, 0.6) is 0 Å². The van der Waals surface area contributed by atoms with Crippen molar-refractivity contribution in [3.8, 4) is 0 Å². The van der Waals surface area contributed by atoms with Gasteiger partial charge in [-0.15, -0.1) is 0 Å². The molecule has 12 heavy (non-hydrogen) atoms. The fraction of sp³-hybridized carbons (Fsp3) is 0.556. The summed E-state index contributed by atoms with van der Waals surface area (Å²) in [5.74, 6) is 1.89. The van der Waals surface area contributed by atoms with Gasteiger partial charge in [-0.2, -0.15) is 0 Å². The zero-order valence-electron chi connectivity index (χ0n) is 7.30. The van der Waals surface area contributed by atoms with Crippen molar-refractivity contribution in [1.82, 2.24) is 9.97 Å². The van der Waals surface area contributed by atoms with E-state index in [2.05, 4.69) is 15.3 Å². The lowest BCUT2D eigenvalue weighted by molar-refractivity contribution is 0.784. The van der Waals surface area contributed by atoms with E-state index in [1.807, 2.05) is 13.1 Å². The van der Waals surface area contributed by atoms with Crippen LogP contribution in [0.3, 0.4) is 0 Å². The number of hydrogen-bond acceptors (Lipinski definition) is 3. The Kier molecular flexibility index (Phi) is 1.94. The first-order chi connectivity index (χ1) is 5.86. The molecule has 2 heterocycles. The fourth-order valence-electron chi connectivity index (χ4n) is 1.48. The van der Waals surface area contributed by atoms with Gasteiger partial charge in [-0.25, -0.2) is 9.97 Å². The predicted octanol–water partition coefficient (Wildman–Crippen LogP) is 1.53. The van der Waals surface area contributed by atoms with Crippen LogP contribution < -0.4 is 5.32 Å². The van der Waals surface area contributed by atoms with E-state index in [0.717, 1.165) is 24.6 Å². The van der Waals surface area contributed by atoms with Crippen molar-refractivity contribution in [3.63, 3.8) is 0 Å². The number of rotatable bonds is 0. The maximum atomic E-state index is 4.35. The van der Waals surface area contributed by atoms with Crippen molar-refractivity contribution in [2.45, 2.75) is 26.2 Å². The molecule has 1 aliphatic heterocycles. The molecule has 3 heteroatoms. The van der Waals surface area contributed by atoms with Gasteiger partial charge in [0.2, 0.25) is 0 Å². The first kappa shape index (κ1) is 7.53. The molecule has 1 aliphatic rings. The number of hydrogen-bond donors (Lipinski definition) is 1. The Labute approximate surface area is 72.2 Å². The standard InChI is InChI=1S/C9H13N3/c1-7-11-6-8-4-2-3-5-10-9(8)12-7/h6H,2-5H2,1H3,(H,10,11,12). The molecule has 0 aliphatic carbocycles. The second kappa shape index (κ2) is 3.09. The van der Waals surface area contributed by atoms with Gasteiger partial charge in [0.1, 0.15) is 11.6 Å². The van der Waals surface area contributed by atoms with Crippen LogP contribution in [0.1, 0.15) is 24.2 Å². The Morgan fingerprint density at radius 2 is 2.33 bits per heavy atom. The van der Waals surface area contributed by atoms with Gasteiger partial charge in [0.15, 0.2) is 0 Å². The Bertz CT molecular complexity index is 283. The molecular weight excluding hydrogens is 150 g/mol. The number of nitrogens with zero attached hydrogens (tertiary/aromatic N) is 2. The fourth-order valence-corrected chi connectivity index (χ4v) is 1.48. The lowest BCUT2D eigenvalue weighted by atomic mass is 10.1. The van der Waals surface area contributed by atoms with Gasteiger partial charge >= 0.3 is 0 Å². The maximum Gasteiger partial charge on any atom is 0.132 e. The molecule has 0 aromatic carbocycles. The summed E-state index contributed by atoms with van der Waals surface area (Å²) in [4.78, 5) is 8.53. The zero-order chi connectivity index (χ0) is 8.39. The van der Waals surface area contributed by atoms with Crippen LogP contribution in [0.2, 0.25) is 0 Å². The van der Waals surface area contributed by atoms with Crippen molar-refractivity contribution in [2.75, 3.05) is 11.9 Å². The summed E-state index contributed by atoms with van der Waals surface area (Å²) >= 11 is 0. The topological polar surface area (TPSA) is 37.8 Å². The highest BCUT2D eigenvalue weighted by atomic mass is 15.0. The molecule has 0 saturated carbocycles. The second-order valence-corrected chi connectivity index (χ2v) is 3.17. The average molecular weight is 163 g/mol.